The first-order valence-corrected chi connectivity index (χ1v) is 19.9. The highest BCUT2D eigenvalue weighted by molar-refractivity contribution is 5.96. The first-order chi connectivity index (χ1) is 25.5. The van der Waals surface area contributed by atoms with Crippen LogP contribution in [0.4, 0.5) is 0 Å². The Hall–Kier alpha value is -4.96. The van der Waals surface area contributed by atoms with Crippen LogP contribution in [0.2, 0.25) is 0 Å². The summed E-state index contributed by atoms with van der Waals surface area (Å²) in [6.45, 7) is 18.4. The van der Waals surface area contributed by atoms with Crippen LogP contribution in [-0.2, 0) is 25.7 Å². The number of para-hydroxylation sites is 2. The van der Waals surface area contributed by atoms with Crippen LogP contribution >= 0.6 is 0 Å². The van der Waals surface area contributed by atoms with Gasteiger partial charge >= 0.3 is 0 Å². The van der Waals surface area contributed by atoms with Gasteiger partial charge in [0.25, 0.3) is 0 Å². The molecule has 0 aliphatic carbocycles. The van der Waals surface area contributed by atoms with E-state index in [2.05, 4.69) is 149 Å². The molecule has 2 aliphatic rings. The molecule has 0 fully saturated rings. The second kappa shape index (κ2) is 14.9. The Bertz CT molecular complexity index is 2080. The summed E-state index contributed by atoms with van der Waals surface area (Å²) in [5.41, 5.74) is 22.6. The third-order valence-electron chi connectivity index (χ3n) is 11.3. The third kappa shape index (κ3) is 5.77. The first kappa shape index (κ1) is 35.4. The quantitative estimate of drug-likeness (QED) is 0.147. The molecular weight excluding hydrogens is 633 g/mol. The monoisotopic (exact) mass is 686 g/mol. The van der Waals surface area contributed by atoms with Gasteiger partial charge in [0.1, 0.15) is 0 Å². The second-order valence-corrected chi connectivity index (χ2v) is 13.9. The maximum Gasteiger partial charge on any atom is 0.0693 e. The third-order valence-corrected chi connectivity index (χ3v) is 11.3. The zero-order valence-electron chi connectivity index (χ0n) is 32.5. The van der Waals surface area contributed by atoms with Crippen molar-refractivity contribution in [3.63, 3.8) is 0 Å². The second-order valence-electron chi connectivity index (χ2n) is 13.9. The summed E-state index contributed by atoms with van der Waals surface area (Å²) in [4.78, 5) is 11.2. The molecule has 5 heterocycles. The summed E-state index contributed by atoms with van der Waals surface area (Å²) in [5, 5.41) is 0. The van der Waals surface area contributed by atoms with Crippen molar-refractivity contribution >= 4 is 44.4 Å². The van der Waals surface area contributed by atoms with Crippen LogP contribution in [0.3, 0.4) is 0 Å². The van der Waals surface area contributed by atoms with Gasteiger partial charge in [-0.1, -0.05) is 91.8 Å². The van der Waals surface area contributed by atoms with Crippen molar-refractivity contribution in [1.82, 2.24) is 19.1 Å². The Morgan fingerprint density at radius 2 is 0.596 bits per heavy atom. The average molecular weight is 687 g/mol. The molecule has 5 aromatic rings. The van der Waals surface area contributed by atoms with E-state index in [0.29, 0.717) is 0 Å². The number of nitrogens with zero attached hydrogens (tertiary/aromatic N) is 4. The molecule has 4 nitrogen and oxygen atoms in total. The Balaban J connectivity index is 1.81. The molecule has 266 valence electrons. The van der Waals surface area contributed by atoms with E-state index in [0.717, 1.165) is 74.1 Å². The molecule has 7 rings (SSSR count). The van der Waals surface area contributed by atoms with Gasteiger partial charge in [-0.2, -0.15) is 0 Å². The maximum absolute atomic E-state index is 5.58. The molecule has 0 unspecified atom stereocenters. The summed E-state index contributed by atoms with van der Waals surface area (Å²) in [6, 6.07) is 31.4. The number of rotatable bonds is 10. The van der Waals surface area contributed by atoms with Gasteiger partial charge in [0.15, 0.2) is 0 Å². The fourth-order valence-electron chi connectivity index (χ4n) is 9.03. The largest absolute Gasteiger partial charge is 0.310 e. The van der Waals surface area contributed by atoms with Gasteiger partial charge in [0.05, 0.1) is 44.8 Å². The number of allylic oxidation sites excluding steroid dienone is 4. The highest BCUT2D eigenvalue weighted by Crippen LogP contribution is 2.41. The number of fused-ring (bicyclic) bond motifs is 8. The van der Waals surface area contributed by atoms with Crippen LogP contribution in [0, 0.1) is 0 Å². The van der Waals surface area contributed by atoms with Crippen molar-refractivity contribution in [1.29, 1.82) is 0 Å². The van der Waals surface area contributed by atoms with Crippen molar-refractivity contribution in [3.05, 3.63) is 130 Å². The molecule has 2 aromatic carbocycles. The van der Waals surface area contributed by atoms with E-state index in [1.54, 1.807) is 0 Å². The van der Waals surface area contributed by atoms with Crippen molar-refractivity contribution in [2.75, 3.05) is 0 Å². The minimum absolute atomic E-state index is 0.933. The predicted molar refractivity (Wildman–Crippen MR) is 223 cm³/mol. The molecule has 4 heteroatoms. The van der Waals surface area contributed by atoms with Gasteiger partial charge < -0.3 is 9.13 Å². The Morgan fingerprint density at radius 1 is 0.346 bits per heavy atom. The van der Waals surface area contributed by atoms with Crippen LogP contribution < -0.4 is 0 Å². The van der Waals surface area contributed by atoms with Crippen LogP contribution in [-0.4, -0.2) is 19.1 Å². The van der Waals surface area contributed by atoms with Gasteiger partial charge in [-0.15, -0.1) is 0 Å². The molecule has 0 amide bonds. The molecule has 52 heavy (non-hydrogen) atoms. The number of hydrogen-bond donors (Lipinski definition) is 0. The van der Waals surface area contributed by atoms with Gasteiger partial charge in [-0.3, -0.25) is 0 Å². The lowest BCUT2D eigenvalue weighted by Crippen LogP contribution is -1.95. The normalized spacial score (nSPS) is 13.1. The standard InChI is InChI=1S/C48H54N4/c1-9-33-34(10-2)42-28-46-39(15-7)40(16-8)48(52(46)32-25-21-18-22-26-32)30-44-36(12-4)35(11-3)43(50-44)29-47-38(14-6)37(13-5)45(27-41(33)49-42)51(47)31-23-19-17-20-24-31/h17-30H,9-16H2,1-8H3. The SMILES string of the molecule is CCC1=C(CC)c2cc3c(CC)c(CC)c(cc4nc(cc5c(CC)c(CC)c(cc1n2)n5-c1ccccc1)C(CC)=C4CC)n3-c1ccccc1. The summed E-state index contributed by atoms with van der Waals surface area (Å²) in [6.07, 6.45) is 7.50. The van der Waals surface area contributed by atoms with Gasteiger partial charge in [0, 0.05) is 11.4 Å². The van der Waals surface area contributed by atoms with E-state index >= 15 is 0 Å². The number of hydrogen-bond acceptors (Lipinski definition) is 2. The summed E-state index contributed by atoms with van der Waals surface area (Å²) < 4.78 is 4.98. The zero-order chi connectivity index (χ0) is 36.5. The lowest BCUT2D eigenvalue weighted by Gasteiger charge is -2.09. The Morgan fingerprint density at radius 3 is 0.808 bits per heavy atom. The number of benzene rings is 2. The molecule has 0 saturated carbocycles. The fraction of sp³-hybridized carbons (Fsp3) is 0.333. The molecule has 8 bridgehead atoms. The Kier molecular flexibility index (Phi) is 10.2. The highest BCUT2D eigenvalue weighted by atomic mass is 15.0. The van der Waals surface area contributed by atoms with Gasteiger partial charge in [0.2, 0.25) is 0 Å². The lowest BCUT2D eigenvalue weighted by atomic mass is 9.98. The van der Waals surface area contributed by atoms with Crippen LogP contribution in [0.15, 0.2) is 84.9 Å². The maximum atomic E-state index is 5.58. The molecule has 0 N–H and O–H groups in total. The van der Waals surface area contributed by atoms with Crippen LogP contribution in [0.1, 0.15) is 126 Å². The minimum Gasteiger partial charge on any atom is -0.310 e. The average Bonchev–Trinajstić information content (AvgIpc) is 3.88. The van der Waals surface area contributed by atoms with E-state index in [1.807, 2.05) is 0 Å². The van der Waals surface area contributed by atoms with Crippen molar-refractivity contribution in [3.8, 4) is 11.4 Å². The van der Waals surface area contributed by atoms with Gasteiger partial charge in [-0.25, -0.2) is 9.97 Å². The summed E-state index contributed by atoms with van der Waals surface area (Å²) in [7, 11) is 0. The minimum atomic E-state index is 0.933. The summed E-state index contributed by atoms with van der Waals surface area (Å²) >= 11 is 0. The lowest BCUT2D eigenvalue weighted by molar-refractivity contribution is 1.07. The van der Waals surface area contributed by atoms with Crippen LogP contribution in [0.25, 0.3) is 55.7 Å². The van der Waals surface area contributed by atoms with E-state index in [4.69, 9.17) is 9.97 Å². The van der Waals surface area contributed by atoms with E-state index in [-0.39, 0.29) is 0 Å². The molecule has 0 radical (unpaired) electrons. The van der Waals surface area contributed by atoms with Crippen molar-refractivity contribution in [2.45, 2.75) is 107 Å². The topological polar surface area (TPSA) is 35.6 Å². The molecule has 3 aromatic heterocycles. The van der Waals surface area contributed by atoms with E-state index < -0.39 is 0 Å². The molecule has 0 spiro atoms. The smallest absolute Gasteiger partial charge is 0.0693 e. The molecule has 2 aliphatic heterocycles. The molecule has 0 saturated heterocycles. The van der Waals surface area contributed by atoms with Crippen molar-refractivity contribution in [2.24, 2.45) is 0 Å². The van der Waals surface area contributed by atoms with Crippen LogP contribution in [0.5, 0.6) is 0 Å². The van der Waals surface area contributed by atoms with Gasteiger partial charge in [-0.05, 0) is 144 Å². The molecular formula is C48H54N4. The number of aryl methyl sites for hydroxylation is 4. The first-order valence-electron chi connectivity index (χ1n) is 19.9. The highest BCUT2D eigenvalue weighted by Gasteiger charge is 2.25. The van der Waals surface area contributed by atoms with E-state index in [9.17, 15) is 0 Å². The summed E-state index contributed by atoms with van der Waals surface area (Å²) in [5.74, 6) is 0. The predicted octanol–water partition coefficient (Wildman–Crippen LogP) is 13.0. The molecule has 0 atom stereocenters. The van der Waals surface area contributed by atoms with E-state index in [1.165, 1.54) is 78.0 Å². The fourth-order valence-corrected chi connectivity index (χ4v) is 9.03. The Labute approximate surface area is 310 Å². The number of aromatic nitrogens is 4. The zero-order valence-corrected chi connectivity index (χ0v) is 32.5. The van der Waals surface area contributed by atoms with Crippen molar-refractivity contribution < 1.29 is 0 Å².